The van der Waals surface area contributed by atoms with Crippen molar-refractivity contribution in [1.29, 1.82) is 0 Å². The number of esters is 5. The van der Waals surface area contributed by atoms with E-state index in [9.17, 15) is 24.0 Å². The van der Waals surface area contributed by atoms with Gasteiger partial charge in [-0.15, -0.1) is 0 Å². The molecular formula is C48H46O13. The van der Waals surface area contributed by atoms with E-state index in [1.54, 1.807) is 92.0 Å². The molecule has 13 nitrogen and oxygen atoms in total. The van der Waals surface area contributed by atoms with Gasteiger partial charge in [0, 0.05) is 20.3 Å². The highest BCUT2D eigenvalue weighted by Crippen LogP contribution is 2.41. The quantitative estimate of drug-likeness (QED) is 0.0756. The summed E-state index contributed by atoms with van der Waals surface area (Å²) in [4.78, 5) is 66.4. The number of carbonyl (C=O) groups excluding carboxylic acids is 5. The van der Waals surface area contributed by atoms with Gasteiger partial charge in [0.05, 0.1) is 23.8 Å². The average Bonchev–Trinajstić information content (AvgIpc) is 3.26. The fourth-order valence-electron chi connectivity index (χ4n) is 7.00. The van der Waals surface area contributed by atoms with Crippen molar-refractivity contribution in [3.8, 4) is 11.5 Å². The lowest BCUT2D eigenvalue weighted by molar-refractivity contribution is -0.317. The number of hydrogen-bond acceptors (Lipinski definition) is 13. The van der Waals surface area contributed by atoms with Gasteiger partial charge >= 0.3 is 29.8 Å². The van der Waals surface area contributed by atoms with Gasteiger partial charge < -0.3 is 37.9 Å². The van der Waals surface area contributed by atoms with Gasteiger partial charge in [0.25, 0.3) is 0 Å². The lowest BCUT2D eigenvalue weighted by Crippen LogP contribution is -2.71. The predicted molar refractivity (Wildman–Crippen MR) is 220 cm³/mol. The molecule has 0 amide bonds. The molecule has 0 saturated carbocycles. The molecular weight excluding hydrogens is 785 g/mol. The zero-order valence-corrected chi connectivity index (χ0v) is 34.3. The molecule has 1 aliphatic heterocycles. The van der Waals surface area contributed by atoms with Crippen molar-refractivity contribution in [2.75, 3.05) is 7.11 Å². The summed E-state index contributed by atoms with van der Waals surface area (Å²) in [7, 11) is 1.57. The van der Waals surface area contributed by atoms with Crippen LogP contribution in [0.15, 0.2) is 133 Å². The van der Waals surface area contributed by atoms with Crippen molar-refractivity contribution in [1.82, 2.24) is 0 Å². The summed E-state index contributed by atoms with van der Waals surface area (Å²) in [6.07, 6.45) is -7.19. The van der Waals surface area contributed by atoms with Crippen molar-refractivity contribution in [3.63, 3.8) is 0 Å². The van der Waals surface area contributed by atoms with E-state index in [4.69, 9.17) is 37.9 Å². The Labute approximate surface area is 353 Å². The highest BCUT2D eigenvalue weighted by Gasteiger charge is 2.63. The van der Waals surface area contributed by atoms with E-state index in [0.29, 0.717) is 23.3 Å². The second kappa shape index (κ2) is 19.8. The molecule has 61 heavy (non-hydrogen) atoms. The Hall–Kier alpha value is -6.99. The van der Waals surface area contributed by atoms with Gasteiger partial charge in [-0.1, -0.05) is 78.9 Å². The van der Waals surface area contributed by atoms with Gasteiger partial charge in [0.2, 0.25) is 12.4 Å². The molecule has 1 fully saturated rings. The van der Waals surface area contributed by atoms with Gasteiger partial charge in [-0.25, -0.2) is 14.4 Å². The van der Waals surface area contributed by atoms with E-state index >= 15 is 0 Å². The first-order valence-corrected chi connectivity index (χ1v) is 19.5. The fourth-order valence-corrected chi connectivity index (χ4v) is 7.00. The minimum atomic E-state index is -1.99. The van der Waals surface area contributed by atoms with Crippen molar-refractivity contribution < 1.29 is 61.9 Å². The largest absolute Gasteiger partial charge is 0.497 e. The zero-order valence-electron chi connectivity index (χ0n) is 34.3. The monoisotopic (exact) mass is 830 g/mol. The van der Waals surface area contributed by atoms with Crippen LogP contribution in [0.2, 0.25) is 0 Å². The number of ether oxygens (including phenoxy) is 8. The van der Waals surface area contributed by atoms with Gasteiger partial charge in [0.15, 0.2) is 11.7 Å². The second-order valence-corrected chi connectivity index (χ2v) is 14.5. The standard InChI is InChI=1S/C48H46O13/c1-30(56-44(51)35-15-9-6-10-16-35)42-48(4,61-32(3)50)43(59-46(53)37-19-13-8-14-20-37)41(58-45(52)36-17-11-7-12-18-36)47(60-42)57-40-28-34(29-55-31(2)49)21-24-38(40)27-33-22-25-39(54-5)26-23-33/h6-26,28,30,41-43,47H,27,29H2,1-5H3/t30-,41-,42-,43-,47-,48-/m1/s1. The Bertz CT molecular complexity index is 2300. The summed E-state index contributed by atoms with van der Waals surface area (Å²) >= 11 is 0. The summed E-state index contributed by atoms with van der Waals surface area (Å²) in [5.41, 5.74) is 0.616. The van der Waals surface area contributed by atoms with Crippen molar-refractivity contribution in [3.05, 3.63) is 167 Å². The summed E-state index contributed by atoms with van der Waals surface area (Å²) < 4.78 is 48.5. The first-order valence-electron chi connectivity index (χ1n) is 19.5. The van der Waals surface area contributed by atoms with Crippen molar-refractivity contribution in [2.45, 2.75) is 77.0 Å². The van der Waals surface area contributed by atoms with Gasteiger partial charge in [0.1, 0.15) is 30.3 Å². The lowest BCUT2D eigenvalue weighted by Gasteiger charge is -2.51. The van der Waals surface area contributed by atoms with Crippen LogP contribution in [0.4, 0.5) is 0 Å². The predicted octanol–water partition coefficient (Wildman–Crippen LogP) is 7.47. The van der Waals surface area contributed by atoms with Crippen LogP contribution in [0.3, 0.4) is 0 Å². The molecule has 6 rings (SSSR count). The molecule has 5 aromatic rings. The molecule has 5 aromatic carbocycles. The van der Waals surface area contributed by atoms with Crippen LogP contribution in [0.1, 0.15) is 75.5 Å². The normalized spacial score (nSPS) is 20.0. The van der Waals surface area contributed by atoms with E-state index in [1.807, 2.05) is 24.3 Å². The maximum absolute atomic E-state index is 14.0. The summed E-state index contributed by atoms with van der Waals surface area (Å²) in [5, 5.41) is 0. The highest BCUT2D eigenvalue weighted by molar-refractivity contribution is 5.91. The maximum Gasteiger partial charge on any atom is 0.338 e. The van der Waals surface area contributed by atoms with Crippen LogP contribution in [0.5, 0.6) is 11.5 Å². The lowest BCUT2D eigenvalue weighted by atomic mass is 9.82. The highest BCUT2D eigenvalue weighted by atomic mass is 16.7. The number of benzene rings is 5. The molecule has 1 saturated heterocycles. The molecule has 0 radical (unpaired) electrons. The minimum absolute atomic E-state index is 0.0939. The van der Waals surface area contributed by atoms with Crippen LogP contribution in [0, 0.1) is 0 Å². The molecule has 0 spiro atoms. The molecule has 0 aliphatic carbocycles. The Balaban J connectivity index is 1.49. The Morgan fingerprint density at radius 2 is 1.21 bits per heavy atom. The topological polar surface area (TPSA) is 159 Å². The van der Waals surface area contributed by atoms with E-state index < -0.39 is 66.2 Å². The van der Waals surface area contributed by atoms with Crippen LogP contribution in [-0.2, 0) is 51.0 Å². The van der Waals surface area contributed by atoms with Gasteiger partial charge in [-0.05, 0) is 85.1 Å². The van der Waals surface area contributed by atoms with E-state index in [-0.39, 0.29) is 29.0 Å². The molecule has 0 aromatic heterocycles. The minimum Gasteiger partial charge on any atom is -0.497 e. The Morgan fingerprint density at radius 1 is 0.672 bits per heavy atom. The molecule has 0 N–H and O–H groups in total. The number of rotatable bonds is 15. The summed E-state index contributed by atoms with van der Waals surface area (Å²) in [6.45, 7) is 5.34. The molecule has 0 bridgehead atoms. The van der Waals surface area contributed by atoms with Gasteiger partial charge in [-0.3, -0.25) is 9.59 Å². The second-order valence-electron chi connectivity index (χ2n) is 14.5. The first-order chi connectivity index (χ1) is 29.3. The van der Waals surface area contributed by atoms with Crippen LogP contribution >= 0.6 is 0 Å². The third kappa shape index (κ3) is 11.0. The Morgan fingerprint density at radius 3 is 1.75 bits per heavy atom. The average molecular weight is 831 g/mol. The van der Waals surface area contributed by atoms with Crippen LogP contribution in [0.25, 0.3) is 0 Å². The van der Waals surface area contributed by atoms with E-state index in [0.717, 1.165) is 12.5 Å². The molecule has 316 valence electrons. The molecule has 13 heteroatoms. The molecule has 0 unspecified atom stereocenters. The number of hydrogen-bond donors (Lipinski definition) is 0. The van der Waals surface area contributed by atoms with Gasteiger partial charge in [-0.2, -0.15) is 0 Å². The van der Waals surface area contributed by atoms with Crippen LogP contribution in [-0.4, -0.2) is 73.3 Å². The summed E-state index contributed by atoms with van der Waals surface area (Å²) in [6, 6.07) is 37.1. The van der Waals surface area contributed by atoms with E-state index in [2.05, 4.69) is 0 Å². The molecule has 1 heterocycles. The van der Waals surface area contributed by atoms with Crippen molar-refractivity contribution in [2.24, 2.45) is 0 Å². The Kier molecular flexibility index (Phi) is 14.2. The molecule has 1 aliphatic rings. The zero-order chi connectivity index (χ0) is 43.5. The summed E-state index contributed by atoms with van der Waals surface area (Å²) in [5.74, 6) is -2.80. The SMILES string of the molecule is COc1ccc(Cc2ccc(COC(C)=O)cc2O[C@@H]2O[C@H]([C@@H](C)OC(=O)c3ccccc3)[C@@](C)(OC(C)=O)[C@H](OC(=O)c3ccccc3)[C@H]2OC(=O)c2ccccc2)cc1. The number of methoxy groups -OCH3 is 1. The first kappa shape index (κ1) is 43.6. The maximum atomic E-state index is 14.0. The third-order valence-corrected chi connectivity index (χ3v) is 9.94. The van der Waals surface area contributed by atoms with Crippen LogP contribution < -0.4 is 9.47 Å². The fraction of sp³-hybridized carbons (Fsp3) is 0.271. The smallest absolute Gasteiger partial charge is 0.338 e. The van der Waals surface area contributed by atoms with E-state index in [1.165, 1.54) is 45.0 Å². The van der Waals surface area contributed by atoms with Crippen molar-refractivity contribution >= 4 is 29.8 Å². The molecule has 6 atom stereocenters. The third-order valence-electron chi connectivity index (χ3n) is 9.94. The number of carbonyl (C=O) groups is 5.